The molecule has 2 aromatic carbocycles. The first-order chi connectivity index (χ1) is 16.3. The molecule has 6 nitrogen and oxygen atoms in total. The first kappa shape index (κ1) is 22.4. The predicted octanol–water partition coefficient (Wildman–Crippen LogP) is 3.97. The molecule has 3 amide bonds. The zero-order valence-corrected chi connectivity index (χ0v) is 19.8. The van der Waals surface area contributed by atoms with Crippen molar-refractivity contribution < 1.29 is 19.1 Å². The molecule has 3 aliphatic rings. The Kier molecular flexibility index (Phi) is 5.76. The Labute approximate surface area is 200 Å². The average molecular weight is 459 g/mol. The van der Waals surface area contributed by atoms with Gasteiger partial charge in [-0.05, 0) is 54.7 Å². The van der Waals surface area contributed by atoms with Crippen LogP contribution in [0.15, 0.2) is 65.7 Å². The number of benzene rings is 2. The molecular formula is C28H30N2O4. The van der Waals surface area contributed by atoms with E-state index in [1.807, 2.05) is 54.3 Å². The van der Waals surface area contributed by atoms with Crippen LogP contribution in [0.2, 0.25) is 0 Å². The second-order valence-electron chi connectivity index (χ2n) is 9.99. The van der Waals surface area contributed by atoms with Gasteiger partial charge in [-0.3, -0.25) is 19.7 Å². The lowest BCUT2D eigenvalue weighted by molar-refractivity contribution is -0.126. The number of hydrogen-bond acceptors (Lipinski definition) is 4. The van der Waals surface area contributed by atoms with Gasteiger partial charge in [0, 0.05) is 24.1 Å². The number of imide groups is 1. The number of likely N-dealkylation sites (tertiary alicyclic amines) is 1. The van der Waals surface area contributed by atoms with Gasteiger partial charge in [0.25, 0.3) is 5.91 Å². The molecule has 6 heteroatoms. The van der Waals surface area contributed by atoms with Crippen LogP contribution in [0, 0.1) is 23.7 Å². The number of nitrogens with one attached hydrogen (secondary N) is 1. The summed E-state index contributed by atoms with van der Waals surface area (Å²) in [4.78, 5) is 40.7. The van der Waals surface area contributed by atoms with Crippen LogP contribution in [0.5, 0.6) is 5.75 Å². The molecule has 1 aliphatic carbocycles. The monoisotopic (exact) mass is 458 g/mol. The topological polar surface area (TPSA) is 75.7 Å². The van der Waals surface area contributed by atoms with E-state index >= 15 is 0 Å². The van der Waals surface area contributed by atoms with E-state index in [-0.39, 0.29) is 47.4 Å². The first-order valence-corrected chi connectivity index (χ1v) is 12.0. The molecule has 0 radical (unpaired) electrons. The van der Waals surface area contributed by atoms with Gasteiger partial charge in [0.15, 0.2) is 0 Å². The number of rotatable bonds is 5. The summed E-state index contributed by atoms with van der Waals surface area (Å²) in [6.07, 6.45) is 0.592. The summed E-state index contributed by atoms with van der Waals surface area (Å²) in [5.41, 5.74) is 3.97. The smallest absolute Gasteiger partial charge is 0.254 e. The molecule has 0 bridgehead atoms. The lowest BCUT2D eigenvalue weighted by Gasteiger charge is -2.36. The number of hydrogen-bond donors (Lipinski definition) is 1. The van der Waals surface area contributed by atoms with Crippen LogP contribution in [0.25, 0.3) is 0 Å². The minimum Gasteiger partial charge on any atom is -0.489 e. The number of nitrogens with zero attached hydrogens (tertiary/aromatic N) is 1. The molecule has 2 aliphatic heterocycles. The summed E-state index contributed by atoms with van der Waals surface area (Å²) in [7, 11) is 0. The highest BCUT2D eigenvalue weighted by Gasteiger charge is 2.57. The Hall–Kier alpha value is -3.41. The van der Waals surface area contributed by atoms with Crippen LogP contribution >= 0.6 is 0 Å². The van der Waals surface area contributed by atoms with Gasteiger partial charge in [-0.2, -0.15) is 0 Å². The predicted molar refractivity (Wildman–Crippen MR) is 128 cm³/mol. The molecule has 2 aromatic rings. The standard InChI is InChI=1S/C28H30N2O4/c1-16(2)25-23-22(17(3)13-21-24(23)27(32)29-26(21)31)14-30(25)28(33)19-9-11-20(12-10-19)34-15-18-7-5-4-6-8-18/h4-12,16,21,23-25H,13-15H2,1-3H3,(H,29,31,32)/t21-,23?,24-,25-/m0/s1. The molecule has 0 aromatic heterocycles. The molecule has 176 valence electrons. The third kappa shape index (κ3) is 3.81. The third-order valence-electron chi connectivity index (χ3n) is 7.54. The SMILES string of the molecule is CC1=C2CN(C(=O)c3ccc(OCc4ccccc4)cc3)[C@@H](C(C)C)C2[C@H]2C(=O)NC(=O)[C@H]2C1. The number of allylic oxidation sites excluding steroid dienone is 1. The Morgan fingerprint density at radius 1 is 1.03 bits per heavy atom. The fourth-order valence-electron chi connectivity index (χ4n) is 5.96. The summed E-state index contributed by atoms with van der Waals surface area (Å²) < 4.78 is 5.86. The van der Waals surface area contributed by atoms with E-state index in [0.29, 0.717) is 30.9 Å². The highest BCUT2D eigenvalue weighted by Crippen LogP contribution is 2.50. The zero-order valence-electron chi connectivity index (χ0n) is 19.8. The van der Waals surface area contributed by atoms with Gasteiger partial charge in [-0.15, -0.1) is 0 Å². The Morgan fingerprint density at radius 3 is 2.41 bits per heavy atom. The lowest BCUT2D eigenvalue weighted by Crippen LogP contribution is -2.45. The van der Waals surface area contributed by atoms with Crippen LogP contribution < -0.4 is 10.1 Å². The quantitative estimate of drug-likeness (QED) is 0.543. The molecule has 1 unspecified atom stereocenters. The van der Waals surface area contributed by atoms with Crippen LogP contribution in [-0.2, 0) is 16.2 Å². The van der Waals surface area contributed by atoms with Gasteiger partial charge in [0.05, 0.1) is 11.8 Å². The van der Waals surface area contributed by atoms with Gasteiger partial charge in [0.2, 0.25) is 11.8 Å². The van der Waals surface area contributed by atoms with Crippen molar-refractivity contribution in [1.82, 2.24) is 10.2 Å². The van der Waals surface area contributed by atoms with E-state index in [0.717, 1.165) is 16.7 Å². The molecular weight excluding hydrogens is 428 g/mol. The Balaban J connectivity index is 1.37. The van der Waals surface area contributed by atoms with Crippen molar-refractivity contribution >= 4 is 17.7 Å². The minimum absolute atomic E-state index is 0.0516. The van der Waals surface area contributed by atoms with Crippen LogP contribution in [0.1, 0.15) is 43.1 Å². The van der Waals surface area contributed by atoms with Gasteiger partial charge in [-0.25, -0.2) is 0 Å². The zero-order chi connectivity index (χ0) is 24.0. The molecule has 1 N–H and O–H groups in total. The number of fused-ring (bicyclic) bond motifs is 3. The summed E-state index contributed by atoms with van der Waals surface area (Å²) in [6.45, 7) is 7.19. The minimum atomic E-state index is -0.384. The van der Waals surface area contributed by atoms with E-state index in [4.69, 9.17) is 4.74 Å². The number of carbonyl (C=O) groups is 3. The second-order valence-corrected chi connectivity index (χ2v) is 9.99. The van der Waals surface area contributed by atoms with Gasteiger partial charge in [-0.1, -0.05) is 49.8 Å². The van der Waals surface area contributed by atoms with Crippen molar-refractivity contribution in [1.29, 1.82) is 0 Å². The number of ether oxygens (including phenoxy) is 1. The maximum absolute atomic E-state index is 13.6. The van der Waals surface area contributed by atoms with Crippen molar-refractivity contribution in [2.75, 3.05) is 6.54 Å². The average Bonchev–Trinajstić information content (AvgIpc) is 3.36. The van der Waals surface area contributed by atoms with Crippen molar-refractivity contribution in [2.24, 2.45) is 23.7 Å². The molecule has 4 atom stereocenters. The van der Waals surface area contributed by atoms with Crippen LogP contribution in [-0.4, -0.2) is 35.2 Å². The van der Waals surface area contributed by atoms with Gasteiger partial charge >= 0.3 is 0 Å². The molecule has 2 fully saturated rings. The molecule has 0 saturated carbocycles. The highest BCUT2D eigenvalue weighted by molar-refractivity contribution is 6.06. The van der Waals surface area contributed by atoms with Crippen molar-refractivity contribution in [3.8, 4) is 5.75 Å². The fraction of sp³-hybridized carbons (Fsp3) is 0.393. The normalized spacial score (nSPS) is 25.9. The summed E-state index contributed by atoms with van der Waals surface area (Å²) in [5.74, 6) is -0.374. The summed E-state index contributed by atoms with van der Waals surface area (Å²) in [5, 5.41) is 2.54. The third-order valence-corrected chi connectivity index (χ3v) is 7.54. The van der Waals surface area contributed by atoms with E-state index in [1.165, 1.54) is 0 Å². The largest absolute Gasteiger partial charge is 0.489 e. The fourth-order valence-corrected chi connectivity index (χ4v) is 5.96. The summed E-state index contributed by atoms with van der Waals surface area (Å²) >= 11 is 0. The highest BCUT2D eigenvalue weighted by atomic mass is 16.5. The maximum atomic E-state index is 13.6. The van der Waals surface area contributed by atoms with Crippen LogP contribution in [0.4, 0.5) is 0 Å². The van der Waals surface area contributed by atoms with Crippen LogP contribution in [0.3, 0.4) is 0 Å². The van der Waals surface area contributed by atoms with E-state index in [9.17, 15) is 14.4 Å². The van der Waals surface area contributed by atoms with E-state index in [2.05, 4.69) is 19.2 Å². The second kappa shape index (κ2) is 8.75. The Bertz CT molecular complexity index is 1150. The molecule has 2 saturated heterocycles. The van der Waals surface area contributed by atoms with E-state index in [1.54, 1.807) is 12.1 Å². The van der Waals surface area contributed by atoms with Crippen molar-refractivity contribution in [3.05, 3.63) is 76.9 Å². The van der Waals surface area contributed by atoms with E-state index < -0.39 is 0 Å². The van der Waals surface area contributed by atoms with Crippen molar-refractivity contribution in [2.45, 2.75) is 39.8 Å². The number of amides is 3. The molecule has 34 heavy (non-hydrogen) atoms. The first-order valence-electron chi connectivity index (χ1n) is 12.0. The van der Waals surface area contributed by atoms with Gasteiger partial charge in [0.1, 0.15) is 12.4 Å². The maximum Gasteiger partial charge on any atom is 0.254 e. The summed E-state index contributed by atoms with van der Waals surface area (Å²) in [6, 6.07) is 17.1. The molecule has 2 heterocycles. The molecule has 5 rings (SSSR count). The lowest BCUT2D eigenvalue weighted by atomic mass is 9.67. The Morgan fingerprint density at radius 2 is 1.74 bits per heavy atom. The number of carbonyl (C=O) groups excluding carboxylic acids is 3. The molecule has 0 spiro atoms. The van der Waals surface area contributed by atoms with Gasteiger partial charge < -0.3 is 9.64 Å². The van der Waals surface area contributed by atoms with Crippen molar-refractivity contribution in [3.63, 3.8) is 0 Å².